The minimum absolute atomic E-state index is 0.0736. The zero-order valence-corrected chi connectivity index (χ0v) is 13.5. The highest BCUT2D eigenvalue weighted by Gasteiger charge is 2.39. The molecule has 122 valence electrons. The molecule has 3 atom stereocenters. The maximum Gasteiger partial charge on any atom is 0.315 e. The number of rotatable bonds is 6. The lowest BCUT2D eigenvalue weighted by molar-refractivity contribution is 0.121. The number of amides is 2. The van der Waals surface area contributed by atoms with E-state index in [4.69, 9.17) is 0 Å². The third-order valence-corrected chi connectivity index (χ3v) is 5.21. The van der Waals surface area contributed by atoms with E-state index in [0.29, 0.717) is 5.92 Å². The number of urea groups is 1. The van der Waals surface area contributed by atoms with E-state index in [1.165, 1.54) is 19.4 Å². The van der Waals surface area contributed by atoms with Gasteiger partial charge in [-0.05, 0) is 44.7 Å². The first-order chi connectivity index (χ1) is 10.1. The Morgan fingerprint density at radius 1 is 1.43 bits per heavy atom. The van der Waals surface area contributed by atoms with Crippen molar-refractivity contribution in [1.29, 1.82) is 0 Å². The maximum absolute atomic E-state index is 12.0. The molecule has 0 spiro atoms. The second kappa shape index (κ2) is 7.45. The van der Waals surface area contributed by atoms with Crippen LogP contribution in [-0.4, -0.2) is 54.9 Å². The lowest BCUT2D eigenvalue weighted by atomic mass is 9.86. The molecule has 2 rings (SSSR count). The summed E-state index contributed by atoms with van der Waals surface area (Å²) in [6.45, 7) is 8.60. The largest absolute Gasteiger partial charge is 0.396 e. The zero-order chi connectivity index (χ0) is 15.3. The smallest absolute Gasteiger partial charge is 0.315 e. The van der Waals surface area contributed by atoms with Crippen LogP contribution in [0.4, 0.5) is 4.79 Å². The molecule has 5 heteroatoms. The van der Waals surface area contributed by atoms with E-state index in [2.05, 4.69) is 29.4 Å². The molecule has 2 fully saturated rings. The molecule has 3 N–H and O–H groups in total. The molecule has 1 heterocycles. The van der Waals surface area contributed by atoms with E-state index in [9.17, 15) is 9.90 Å². The number of hydrogen-bond donors (Lipinski definition) is 3. The van der Waals surface area contributed by atoms with Crippen molar-refractivity contribution in [3.05, 3.63) is 0 Å². The van der Waals surface area contributed by atoms with Crippen molar-refractivity contribution in [3.63, 3.8) is 0 Å². The quantitative estimate of drug-likeness (QED) is 0.697. The topological polar surface area (TPSA) is 64.6 Å². The van der Waals surface area contributed by atoms with E-state index < -0.39 is 0 Å². The van der Waals surface area contributed by atoms with Gasteiger partial charge in [-0.25, -0.2) is 4.79 Å². The van der Waals surface area contributed by atoms with Crippen LogP contribution >= 0.6 is 0 Å². The highest BCUT2D eigenvalue weighted by atomic mass is 16.3. The fourth-order valence-corrected chi connectivity index (χ4v) is 3.71. The first-order valence-electron chi connectivity index (χ1n) is 8.45. The van der Waals surface area contributed by atoms with Crippen LogP contribution in [0.25, 0.3) is 0 Å². The predicted octanol–water partition coefficient (Wildman–Crippen LogP) is 1.57. The van der Waals surface area contributed by atoms with Crippen molar-refractivity contribution in [3.8, 4) is 0 Å². The second-order valence-electron chi connectivity index (χ2n) is 7.07. The van der Waals surface area contributed by atoms with Crippen LogP contribution in [0.5, 0.6) is 0 Å². The summed E-state index contributed by atoms with van der Waals surface area (Å²) in [4.78, 5) is 14.5. The number of carbonyl (C=O) groups is 1. The molecule has 0 aromatic heterocycles. The van der Waals surface area contributed by atoms with Crippen LogP contribution in [0, 0.1) is 11.3 Å². The van der Waals surface area contributed by atoms with Crippen LogP contribution in [0.15, 0.2) is 0 Å². The Bertz CT molecular complexity index is 350. The standard InChI is InChI=1S/C16H31N3O2/c1-3-8-19-9-6-13(11-19)10-17-15(21)18-14-5-4-7-16(14,2)12-20/h13-14,20H,3-12H2,1-2H3,(H2,17,18,21). The van der Waals surface area contributed by atoms with Gasteiger partial charge in [0.2, 0.25) is 0 Å². The molecule has 3 unspecified atom stereocenters. The van der Waals surface area contributed by atoms with Gasteiger partial charge in [-0.3, -0.25) is 0 Å². The number of aliphatic hydroxyl groups is 1. The van der Waals surface area contributed by atoms with Gasteiger partial charge in [0, 0.05) is 24.5 Å². The number of carbonyl (C=O) groups excluding carboxylic acids is 1. The monoisotopic (exact) mass is 297 g/mol. The lowest BCUT2D eigenvalue weighted by Crippen LogP contribution is -2.49. The van der Waals surface area contributed by atoms with Crippen LogP contribution in [0.2, 0.25) is 0 Å². The van der Waals surface area contributed by atoms with E-state index in [1.807, 2.05) is 0 Å². The number of nitrogens with one attached hydrogen (secondary N) is 2. The Balaban J connectivity index is 1.68. The fraction of sp³-hybridized carbons (Fsp3) is 0.938. The fourth-order valence-electron chi connectivity index (χ4n) is 3.71. The lowest BCUT2D eigenvalue weighted by Gasteiger charge is -2.30. The van der Waals surface area contributed by atoms with Crippen molar-refractivity contribution < 1.29 is 9.90 Å². The van der Waals surface area contributed by atoms with Crippen molar-refractivity contribution in [2.45, 2.75) is 52.0 Å². The normalized spacial score (nSPS) is 33.3. The average molecular weight is 297 g/mol. The molecule has 2 amide bonds. The predicted molar refractivity (Wildman–Crippen MR) is 84.2 cm³/mol. The van der Waals surface area contributed by atoms with Crippen molar-refractivity contribution in [1.82, 2.24) is 15.5 Å². The average Bonchev–Trinajstić information content (AvgIpc) is 3.05. The highest BCUT2D eigenvalue weighted by Crippen LogP contribution is 2.37. The van der Waals surface area contributed by atoms with Crippen LogP contribution in [0.1, 0.15) is 46.0 Å². The molecule has 1 aliphatic heterocycles. The molecule has 0 bridgehead atoms. The summed E-state index contributed by atoms with van der Waals surface area (Å²) < 4.78 is 0. The third kappa shape index (κ3) is 4.33. The summed E-state index contributed by atoms with van der Waals surface area (Å²) in [5.41, 5.74) is -0.150. The van der Waals surface area contributed by atoms with Gasteiger partial charge in [0.15, 0.2) is 0 Å². The Morgan fingerprint density at radius 2 is 2.24 bits per heavy atom. The van der Waals surface area contributed by atoms with Crippen molar-refractivity contribution in [2.75, 3.05) is 32.8 Å². The molecule has 5 nitrogen and oxygen atoms in total. The Morgan fingerprint density at radius 3 is 2.95 bits per heavy atom. The Hall–Kier alpha value is -0.810. The molecule has 2 aliphatic rings. The molecular formula is C16H31N3O2. The van der Waals surface area contributed by atoms with Crippen LogP contribution < -0.4 is 10.6 Å². The molecular weight excluding hydrogens is 266 g/mol. The van der Waals surface area contributed by atoms with Gasteiger partial charge >= 0.3 is 6.03 Å². The minimum Gasteiger partial charge on any atom is -0.396 e. The van der Waals surface area contributed by atoms with Crippen LogP contribution in [0.3, 0.4) is 0 Å². The van der Waals surface area contributed by atoms with E-state index in [0.717, 1.165) is 38.9 Å². The number of nitrogens with zero attached hydrogens (tertiary/aromatic N) is 1. The van der Waals surface area contributed by atoms with Gasteiger partial charge < -0.3 is 20.6 Å². The van der Waals surface area contributed by atoms with Gasteiger partial charge in [-0.15, -0.1) is 0 Å². The molecule has 21 heavy (non-hydrogen) atoms. The first-order valence-corrected chi connectivity index (χ1v) is 8.45. The van der Waals surface area contributed by atoms with Gasteiger partial charge in [-0.2, -0.15) is 0 Å². The molecule has 0 aromatic carbocycles. The number of hydrogen-bond acceptors (Lipinski definition) is 3. The zero-order valence-electron chi connectivity index (χ0n) is 13.5. The van der Waals surface area contributed by atoms with Gasteiger partial charge in [-0.1, -0.05) is 20.3 Å². The SMILES string of the molecule is CCCN1CCC(CNC(=O)NC2CCCC2(C)CO)C1. The summed E-state index contributed by atoms with van der Waals surface area (Å²) in [5.74, 6) is 0.579. The second-order valence-corrected chi connectivity index (χ2v) is 7.07. The van der Waals surface area contributed by atoms with E-state index in [1.54, 1.807) is 0 Å². The molecule has 0 radical (unpaired) electrons. The Labute approximate surface area is 128 Å². The number of aliphatic hydroxyl groups excluding tert-OH is 1. The highest BCUT2D eigenvalue weighted by molar-refractivity contribution is 5.74. The van der Waals surface area contributed by atoms with E-state index >= 15 is 0 Å². The molecule has 0 aromatic rings. The van der Waals surface area contributed by atoms with Gasteiger partial charge in [0.05, 0.1) is 6.61 Å². The third-order valence-electron chi connectivity index (χ3n) is 5.21. The number of likely N-dealkylation sites (tertiary alicyclic amines) is 1. The molecule has 1 saturated carbocycles. The first kappa shape index (κ1) is 16.6. The van der Waals surface area contributed by atoms with Crippen LogP contribution in [-0.2, 0) is 0 Å². The molecule has 1 aliphatic carbocycles. The van der Waals surface area contributed by atoms with E-state index in [-0.39, 0.29) is 24.1 Å². The van der Waals surface area contributed by atoms with Crippen molar-refractivity contribution in [2.24, 2.45) is 11.3 Å². The van der Waals surface area contributed by atoms with Gasteiger partial charge in [0.1, 0.15) is 0 Å². The summed E-state index contributed by atoms with van der Waals surface area (Å²) in [5, 5.41) is 15.6. The summed E-state index contributed by atoms with van der Waals surface area (Å²) in [7, 11) is 0. The summed E-state index contributed by atoms with van der Waals surface area (Å²) >= 11 is 0. The minimum atomic E-state index is -0.150. The maximum atomic E-state index is 12.0. The molecule has 1 saturated heterocycles. The van der Waals surface area contributed by atoms with Crippen molar-refractivity contribution >= 4 is 6.03 Å². The summed E-state index contributed by atoms with van der Waals surface area (Å²) in [6.07, 6.45) is 5.41. The summed E-state index contributed by atoms with van der Waals surface area (Å²) in [6, 6.07) is 0.0261. The Kier molecular flexibility index (Phi) is 5.88. The van der Waals surface area contributed by atoms with Gasteiger partial charge in [0.25, 0.3) is 0 Å².